The van der Waals surface area contributed by atoms with Crippen LogP contribution in [0.3, 0.4) is 0 Å². The molecule has 0 aromatic rings. The van der Waals surface area contributed by atoms with Crippen molar-refractivity contribution in [2.75, 3.05) is 20.7 Å². The SMILES string of the molecule is COC(=O)/C(C#N)=C/N1C(=O)CN(C)C1=O. The molecule has 0 radical (unpaired) electrons. The summed E-state index contributed by atoms with van der Waals surface area (Å²) in [5.41, 5.74) is -0.403. The quantitative estimate of drug-likeness (QED) is 0.271. The molecule has 84 valence electrons. The summed E-state index contributed by atoms with van der Waals surface area (Å²) in [5, 5.41) is 8.64. The summed E-state index contributed by atoms with van der Waals surface area (Å²) < 4.78 is 4.32. The van der Waals surface area contributed by atoms with Crippen molar-refractivity contribution in [2.24, 2.45) is 0 Å². The number of esters is 1. The number of hydrogen-bond acceptors (Lipinski definition) is 5. The summed E-state index contributed by atoms with van der Waals surface area (Å²) in [6.07, 6.45) is 0.889. The number of rotatable bonds is 2. The van der Waals surface area contributed by atoms with Gasteiger partial charge in [0.05, 0.1) is 7.11 Å². The van der Waals surface area contributed by atoms with Crippen LogP contribution in [-0.2, 0) is 14.3 Å². The van der Waals surface area contributed by atoms with E-state index in [0.29, 0.717) is 0 Å². The van der Waals surface area contributed by atoms with Crippen LogP contribution in [0.15, 0.2) is 11.8 Å². The van der Waals surface area contributed by atoms with E-state index in [0.717, 1.165) is 18.2 Å². The van der Waals surface area contributed by atoms with Crippen LogP contribution >= 0.6 is 0 Å². The molecule has 0 aliphatic carbocycles. The van der Waals surface area contributed by atoms with E-state index in [1.807, 2.05) is 0 Å². The fourth-order valence-electron chi connectivity index (χ4n) is 1.13. The first-order chi connectivity index (χ1) is 7.51. The molecule has 0 atom stereocenters. The number of nitrogens with zero attached hydrogens (tertiary/aromatic N) is 3. The molecule has 1 rings (SSSR count). The maximum Gasteiger partial charge on any atom is 0.350 e. The Morgan fingerprint density at radius 2 is 2.19 bits per heavy atom. The molecule has 0 aromatic heterocycles. The molecule has 16 heavy (non-hydrogen) atoms. The number of carbonyl (C=O) groups is 3. The molecule has 7 nitrogen and oxygen atoms in total. The van der Waals surface area contributed by atoms with Crippen molar-refractivity contribution in [1.29, 1.82) is 5.26 Å². The van der Waals surface area contributed by atoms with E-state index >= 15 is 0 Å². The summed E-state index contributed by atoms with van der Waals surface area (Å²) in [7, 11) is 2.55. The largest absolute Gasteiger partial charge is 0.465 e. The van der Waals surface area contributed by atoms with Gasteiger partial charge in [-0.05, 0) is 0 Å². The number of nitriles is 1. The highest BCUT2D eigenvalue weighted by Crippen LogP contribution is 2.10. The molecule has 1 aliphatic heterocycles. The number of imide groups is 1. The predicted molar refractivity (Wildman–Crippen MR) is 50.6 cm³/mol. The Balaban J connectivity index is 2.99. The molecule has 0 N–H and O–H groups in total. The zero-order valence-electron chi connectivity index (χ0n) is 8.76. The van der Waals surface area contributed by atoms with Gasteiger partial charge in [0.15, 0.2) is 5.57 Å². The third kappa shape index (κ3) is 2.00. The summed E-state index contributed by atoms with van der Waals surface area (Å²) >= 11 is 0. The van der Waals surface area contributed by atoms with Crippen LogP contribution in [0.1, 0.15) is 0 Å². The van der Waals surface area contributed by atoms with E-state index < -0.39 is 23.5 Å². The Bertz CT molecular complexity index is 421. The van der Waals surface area contributed by atoms with E-state index in [1.165, 1.54) is 11.9 Å². The second kappa shape index (κ2) is 4.44. The minimum absolute atomic E-state index is 0.0742. The van der Waals surface area contributed by atoms with E-state index in [9.17, 15) is 14.4 Å². The van der Waals surface area contributed by atoms with E-state index in [2.05, 4.69) is 4.74 Å². The summed E-state index contributed by atoms with van der Waals surface area (Å²) in [6, 6.07) is 0.976. The van der Waals surface area contributed by atoms with Crippen LogP contribution in [0.2, 0.25) is 0 Å². The van der Waals surface area contributed by atoms with Gasteiger partial charge in [-0.2, -0.15) is 5.26 Å². The fraction of sp³-hybridized carbons (Fsp3) is 0.333. The number of carbonyl (C=O) groups excluding carboxylic acids is 3. The van der Waals surface area contributed by atoms with Gasteiger partial charge in [0, 0.05) is 13.2 Å². The molecule has 0 unspecified atom stereocenters. The molecular weight excluding hydrogens is 214 g/mol. The topological polar surface area (TPSA) is 90.7 Å². The average molecular weight is 223 g/mol. The van der Waals surface area contributed by atoms with Gasteiger partial charge in [-0.1, -0.05) is 0 Å². The fourth-order valence-corrected chi connectivity index (χ4v) is 1.13. The van der Waals surface area contributed by atoms with Gasteiger partial charge < -0.3 is 9.64 Å². The second-order valence-corrected chi connectivity index (χ2v) is 3.05. The lowest BCUT2D eigenvalue weighted by Gasteiger charge is -2.08. The summed E-state index contributed by atoms with van der Waals surface area (Å²) in [4.78, 5) is 35.7. The Hall–Kier alpha value is -2.36. The van der Waals surface area contributed by atoms with Gasteiger partial charge in [-0.25, -0.2) is 14.5 Å². The van der Waals surface area contributed by atoms with Gasteiger partial charge in [0.25, 0.3) is 5.91 Å². The smallest absolute Gasteiger partial charge is 0.350 e. The van der Waals surface area contributed by atoms with Crippen LogP contribution in [0.4, 0.5) is 4.79 Å². The number of urea groups is 1. The molecule has 0 bridgehead atoms. The van der Waals surface area contributed by atoms with Crippen molar-refractivity contribution >= 4 is 17.9 Å². The molecule has 1 saturated heterocycles. The van der Waals surface area contributed by atoms with Crippen LogP contribution in [0.25, 0.3) is 0 Å². The molecule has 1 aliphatic rings. The lowest BCUT2D eigenvalue weighted by Crippen LogP contribution is -2.27. The Morgan fingerprint density at radius 1 is 1.56 bits per heavy atom. The van der Waals surface area contributed by atoms with Gasteiger partial charge in [0.1, 0.15) is 12.6 Å². The molecular formula is C9H9N3O4. The molecule has 0 spiro atoms. The van der Waals surface area contributed by atoms with Crippen molar-refractivity contribution < 1.29 is 19.1 Å². The Kier molecular flexibility index (Phi) is 3.25. The second-order valence-electron chi connectivity index (χ2n) is 3.05. The van der Waals surface area contributed by atoms with Gasteiger partial charge >= 0.3 is 12.0 Å². The minimum atomic E-state index is -0.891. The highest BCUT2D eigenvalue weighted by Gasteiger charge is 2.33. The maximum atomic E-state index is 11.4. The van der Waals surface area contributed by atoms with Crippen molar-refractivity contribution in [3.05, 3.63) is 11.8 Å². The van der Waals surface area contributed by atoms with E-state index in [4.69, 9.17) is 5.26 Å². The first-order valence-corrected chi connectivity index (χ1v) is 4.28. The number of likely N-dealkylation sites (N-methyl/N-ethyl adjacent to an activating group) is 1. The molecule has 1 fully saturated rings. The zero-order chi connectivity index (χ0) is 12.3. The minimum Gasteiger partial charge on any atom is -0.465 e. The van der Waals surface area contributed by atoms with Gasteiger partial charge in [-0.15, -0.1) is 0 Å². The first kappa shape index (κ1) is 11.7. The zero-order valence-corrected chi connectivity index (χ0v) is 8.76. The summed E-state index contributed by atoms with van der Waals surface area (Å²) in [6.45, 7) is -0.0742. The van der Waals surface area contributed by atoms with E-state index in [-0.39, 0.29) is 6.54 Å². The maximum absolute atomic E-state index is 11.4. The lowest BCUT2D eigenvalue weighted by molar-refractivity contribution is -0.135. The number of amides is 3. The average Bonchev–Trinajstić information content (AvgIpc) is 2.50. The summed E-state index contributed by atoms with van der Waals surface area (Å²) in [5.74, 6) is -1.39. The number of hydrogen-bond donors (Lipinski definition) is 0. The number of methoxy groups -OCH3 is 1. The molecule has 7 heteroatoms. The van der Waals surface area contributed by atoms with E-state index in [1.54, 1.807) is 6.07 Å². The molecule has 0 aromatic carbocycles. The molecule has 1 heterocycles. The van der Waals surface area contributed by atoms with Crippen LogP contribution in [0, 0.1) is 11.3 Å². The Morgan fingerprint density at radius 3 is 2.56 bits per heavy atom. The molecule has 3 amide bonds. The standard InChI is InChI=1S/C9H9N3O4/c1-11-5-7(13)12(9(11)15)4-6(3-10)8(14)16-2/h4H,5H2,1-2H3/b6-4+. The van der Waals surface area contributed by atoms with Gasteiger partial charge in [-0.3, -0.25) is 4.79 Å². The lowest BCUT2D eigenvalue weighted by atomic mass is 10.3. The monoisotopic (exact) mass is 223 g/mol. The van der Waals surface area contributed by atoms with Crippen molar-refractivity contribution in [3.63, 3.8) is 0 Å². The highest BCUT2D eigenvalue weighted by molar-refractivity contribution is 6.04. The van der Waals surface area contributed by atoms with Crippen LogP contribution in [0.5, 0.6) is 0 Å². The normalized spacial score (nSPS) is 16.4. The van der Waals surface area contributed by atoms with Crippen LogP contribution < -0.4 is 0 Å². The predicted octanol–water partition coefficient (Wildman–Crippen LogP) is -0.539. The first-order valence-electron chi connectivity index (χ1n) is 4.28. The van der Waals surface area contributed by atoms with Crippen molar-refractivity contribution in [1.82, 2.24) is 9.80 Å². The third-order valence-electron chi connectivity index (χ3n) is 1.96. The Labute approximate surface area is 91.5 Å². The van der Waals surface area contributed by atoms with Crippen molar-refractivity contribution in [3.8, 4) is 6.07 Å². The number of ether oxygens (including phenoxy) is 1. The van der Waals surface area contributed by atoms with Crippen LogP contribution in [-0.4, -0.2) is 48.4 Å². The molecule has 0 saturated carbocycles. The third-order valence-corrected chi connectivity index (χ3v) is 1.96. The highest BCUT2D eigenvalue weighted by atomic mass is 16.5. The van der Waals surface area contributed by atoms with Crippen molar-refractivity contribution in [2.45, 2.75) is 0 Å². The van der Waals surface area contributed by atoms with Gasteiger partial charge in [0.2, 0.25) is 0 Å².